The van der Waals surface area contributed by atoms with Crippen molar-refractivity contribution in [2.45, 2.75) is 51.6 Å². The fraction of sp³-hybridized carbons (Fsp3) is 0.375. The van der Waals surface area contributed by atoms with Crippen molar-refractivity contribution >= 4 is 36.7 Å². The Balaban J connectivity index is 1.33. The van der Waals surface area contributed by atoms with Crippen molar-refractivity contribution in [2.24, 2.45) is 11.8 Å². The maximum absolute atomic E-state index is 15.0. The van der Waals surface area contributed by atoms with E-state index in [9.17, 15) is 23.2 Å². The minimum absolute atomic E-state index is 0.0338. The van der Waals surface area contributed by atoms with Crippen LogP contribution >= 0.6 is 0 Å². The van der Waals surface area contributed by atoms with Crippen LogP contribution in [0, 0.1) is 23.5 Å². The highest BCUT2D eigenvalue weighted by Crippen LogP contribution is 2.45. The van der Waals surface area contributed by atoms with Gasteiger partial charge in [-0.05, 0) is 36.1 Å². The summed E-state index contributed by atoms with van der Waals surface area (Å²) in [6, 6.07) is 13.8. The lowest BCUT2D eigenvalue weighted by molar-refractivity contribution is -0.146. The molecular weight excluding hydrogens is 572 g/mol. The van der Waals surface area contributed by atoms with Gasteiger partial charge in [0, 0.05) is 47.8 Å². The first-order valence-corrected chi connectivity index (χ1v) is 17.8. The van der Waals surface area contributed by atoms with Crippen LogP contribution in [0.15, 0.2) is 54.6 Å². The van der Waals surface area contributed by atoms with Crippen LogP contribution in [0.25, 0.3) is 0 Å². The number of nitrogens with one attached hydrogen (secondary N) is 1. The fourth-order valence-corrected chi connectivity index (χ4v) is 7.25. The molecule has 0 bridgehead atoms. The number of benzene rings is 2. The number of fused-ring (bicyclic) bond motifs is 1. The molecule has 1 fully saturated rings. The van der Waals surface area contributed by atoms with Crippen molar-refractivity contribution in [3.05, 3.63) is 83.1 Å². The van der Waals surface area contributed by atoms with Gasteiger partial charge in [0.15, 0.2) is 0 Å². The molecule has 8 nitrogen and oxygen atoms in total. The number of carbonyl (C=O) groups is 3. The van der Waals surface area contributed by atoms with Gasteiger partial charge in [0.05, 0.1) is 20.9 Å². The standard InChI is InChI=1S/C32H35F2N3O5Si/c1-41-27-11-10-22-26(36-27)12-13-37(29(22)31(39)35-21-16-24(33)30(25(34)17-21)43(2,3)4)32(40)23-14-20(23)15-28(38)42-18-19-8-6-5-7-9-19/h5-11,16-17,20,23,29H,12-15,18H2,1-4H3,(H,35,39)/t20-,23+,29+/m0/s1. The summed E-state index contributed by atoms with van der Waals surface area (Å²) in [4.78, 5) is 45.9. The molecule has 226 valence electrons. The normalized spacial score (nSPS) is 19.3. The highest BCUT2D eigenvalue weighted by molar-refractivity contribution is 6.88. The van der Waals surface area contributed by atoms with Gasteiger partial charge in [-0.1, -0.05) is 50.0 Å². The van der Waals surface area contributed by atoms with Gasteiger partial charge in [-0.3, -0.25) is 14.4 Å². The quantitative estimate of drug-likeness (QED) is 0.279. The van der Waals surface area contributed by atoms with Gasteiger partial charge in [-0.2, -0.15) is 0 Å². The lowest BCUT2D eigenvalue weighted by Gasteiger charge is -2.36. The zero-order valence-corrected chi connectivity index (χ0v) is 25.7. The minimum Gasteiger partial charge on any atom is -0.481 e. The van der Waals surface area contributed by atoms with E-state index in [1.807, 2.05) is 50.0 Å². The van der Waals surface area contributed by atoms with Crippen LogP contribution in [0.3, 0.4) is 0 Å². The maximum atomic E-state index is 15.0. The van der Waals surface area contributed by atoms with E-state index in [2.05, 4.69) is 10.3 Å². The summed E-state index contributed by atoms with van der Waals surface area (Å²) >= 11 is 0. The van der Waals surface area contributed by atoms with Crippen molar-refractivity contribution in [1.29, 1.82) is 0 Å². The van der Waals surface area contributed by atoms with Gasteiger partial charge in [0.1, 0.15) is 24.3 Å². The van der Waals surface area contributed by atoms with E-state index in [4.69, 9.17) is 9.47 Å². The molecule has 2 amide bonds. The average Bonchev–Trinajstić information content (AvgIpc) is 3.72. The number of amides is 2. The third-order valence-corrected chi connectivity index (χ3v) is 9.87. The lowest BCUT2D eigenvalue weighted by Crippen LogP contribution is -2.46. The van der Waals surface area contributed by atoms with Crippen LogP contribution < -0.4 is 15.2 Å². The molecule has 3 atom stereocenters. The number of nitrogens with zero attached hydrogens (tertiary/aromatic N) is 2. The first-order valence-electron chi connectivity index (χ1n) is 14.3. The molecule has 0 spiro atoms. The predicted molar refractivity (Wildman–Crippen MR) is 159 cm³/mol. The van der Waals surface area contributed by atoms with Crippen molar-refractivity contribution in [2.75, 3.05) is 19.0 Å². The Kier molecular flexibility index (Phi) is 8.63. The van der Waals surface area contributed by atoms with Crippen LogP contribution in [0.4, 0.5) is 14.5 Å². The predicted octanol–water partition coefficient (Wildman–Crippen LogP) is 4.75. The summed E-state index contributed by atoms with van der Waals surface area (Å²) < 4.78 is 40.5. The van der Waals surface area contributed by atoms with Crippen LogP contribution in [-0.2, 0) is 32.1 Å². The molecule has 2 aromatic carbocycles. The highest BCUT2D eigenvalue weighted by Gasteiger charge is 2.49. The number of hydrogen-bond donors (Lipinski definition) is 1. The second-order valence-corrected chi connectivity index (χ2v) is 17.1. The Morgan fingerprint density at radius 2 is 1.74 bits per heavy atom. The van der Waals surface area contributed by atoms with Crippen LogP contribution in [0.1, 0.15) is 35.7 Å². The Morgan fingerprint density at radius 3 is 2.40 bits per heavy atom. The molecule has 1 aliphatic heterocycles. The Bertz CT molecular complexity index is 1520. The summed E-state index contributed by atoms with van der Waals surface area (Å²) in [6.07, 6.45) is 1.00. The summed E-state index contributed by atoms with van der Waals surface area (Å²) in [5.74, 6) is -2.92. The van der Waals surface area contributed by atoms with E-state index in [0.717, 1.165) is 17.7 Å². The number of methoxy groups -OCH3 is 1. The molecule has 1 saturated carbocycles. The summed E-state index contributed by atoms with van der Waals surface area (Å²) in [5, 5.41) is 2.69. The van der Waals surface area contributed by atoms with E-state index >= 15 is 0 Å². The molecule has 1 aliphatic carbocycles. The molecule has 0 radical (unpaired) electrons. The van der Waals surface area contributed by atoms with Gasteiger partial charge < -0.3 is 19.7 Å². The maximum Gasteiger partial charge on any atom is 0.306 e. The molecule has 2 aliphatic rings. The SMILES string of the molecule is COc1ccc2c(n1)CCN(C(=O)[C@@H]1C[C@H]1CC(=O)OCc1ccccc1)[C@H]2C(=O)Nc1cc(F)c([Si](C)(C)C)c(F)c1. The van der Waals surface area contributed by atoms with Crippen molar-refractivity contribution in [3.63, 3.8) is 0 Å². The molecule has 1 N–H and O–H groups in total. The largest absolute Gasteiger partial charge is 0.481 e. The molecule has 1 aromatic heterocycles. The Hall–Kier alpha value is -4.12. The first-order chi connectivity index (χ1) is 20.5. The third kappa shape index (κ3) is 6.77. The molecule has 3 aromatic rings. The number of pyridine rings is 1. The van der Waals surface area contributed by atoms with E-state index in [-0.39, 0.29) is 48.2 Å². The lowest BCUT2D eigenvalue weighted by atomic mass is 9.95. The first kappa shape index (κ1) is 30.3. The van der Waals surface area contributed by atoms with E-state index < -0.39 is 37.6 Å². The Labute approximate surface area is 250 Å². The monoisotopic (exact) mass is 607 g/mol. The zero-order chi connectivity index (χ0) is 30.9. The molecule has 43 heavy (non-hydrogen) atoms. The van der Waals surface area contributed by atoms with Gasteiger partial charge in [-0.15, -0.1) is 0 Å². The van der Waals surface area contributed by atoms with Crippen LogP contribution in [-0.4, -0.2) is 49.4 Å². The highest BCUT2D eigenvalue weighted by atomic mass is 28.3. The number of anilines is 1. The molecule has 2 heterocycles. The molecule has 0 unspecified atom stereocenters. The van der Waals surface area contributed by atoms with E-state index in [0.29, 0.717) is 30.0 Å². The van der Waals surface area contributed by atoms with Gasteiger partial charge in [0.25, 0.3) is 5.91 Å². The minimum atomic E-state index is -2.32. The summed E-state index contributed by atoms with van der Waals surface area (Å²) in [5.41, 5.74) is 1.96. The van der Waals surface area contributed by atoms with Gasteiger partial charge >= 0.3 is 5.97 Å². The van der Waals surface area contributed by atoms with E-state index in [1.165, 1.54) is 12.0 Å². The molecule has 0 saturated heterocycles. The summed E-state index contributed by atoms with van der Waals surface area (Å²) in [7, 11) is -0.827. The number of aromatic nitrogens is 1. The third-order valence-electron chi connectivity index (χ3n) is 7.89. The fourth-order valence-electron chi connectivity index (χ4n) is 5.67. The van der Waals surface area contributed by atoms with Crippen molar-refractivity contribution < 1.29 is 32.6 Å². The number of halogens is 2. The van der Waals surface area contributed by atoms with Gasteiger partial charge in [0.2, 0.25) is 11.8 Å². The number of esters is 1. The smallest absolute Gasteiger partial charge is 0.306 e. The molecular formula is C32H35F2N3O5Si. The average molecular weight is 608 g/mol. The van der Waals surface area contributed by atoms with Crippen LogP contribution in [0.2, 0.25) is 19.6 Å². The Morgan fingerprint density at radius 1 is 1.05 bits per heavy atom. The zero-order valence-electron chi connectivity index (χ0n) is 24.7. The number of ether oxygens (including phenoxy) is 2. The summed E-state index contributed by atoms with van der Waals surface area (Å²) in [6.45, 7) is 5.88. The number of carbonyl (C=O) groups excluding carboxylic acids is 3. The van der Waals surface area contributed by atoms with Crippen LogP contribution in [0.5, 0.6) is 5.88 Å². The second kappa shape index (κ2) is 12.2. The topological polar surface area (TPSA) is 97.8 Å². The number of rotatable bonds is 9. The number of hydrogen-bond acceptors (Lipinski definition) is 6. The molecule has 11 heteroatoms. The van der Waals surface area contributed by atoms with Crippen molar-refractivity contribution in [3.8, 4) is 5.88 Å². The second-order valence-electron chi connectivity index (χ2n) is 12.1. The van der Waals surface area contributed by atoms with Crippen molar-refractivity contribution in [1.82, 2.24) is 9.88 Å². The van der Waals surface area contributed by atoms with E-state index in [1.54, 1.807) is 12.1 Å². The van der Waals surface area contributed by atoms with Gasteiger partial charge in [-0.25, -0.2) is 13.8 Å². The molecule has 5 rings (SSSR count).